The number of rotatable bonds is 3. The van der Waals surface area contributed by atoms with Crippen molar-refractivity contribution in [2.75, 3.05) is 11.6 Å². The van der Waals surface area contributed by atoms with E-state index in [1.807, 2.05) is 12.1 Å². The highest BCUT2D eigenvalue weighted by atomic mass is 35.5. The minimum atomic E-state index is 0. The topological polar surface area (TPSA) is 67.6 Å². The fourth-order valence-corrected chi connectivity index (χ4v) is 2.62. The van der Waals surface area contributed by atoms with Crippen LogP contribution in [0, 0.1) is 5.41 Å². The third-order valence-corrected chi connectivity index (χ3v) is 4.26. The highest BCUT2D eigenvalue weighted by Gasteiger charge is 2.20. The molecule has 0 amide bonds. The lowest BCUT2D eigenvalue weighted by Gasteiger charge is -2.22. The van der Waals surface area contributed by atoms with E-state index in [9.17, 15) is 0 Å². The van der Waals surface area contributed by atoms with E-state index in [2.05, 4.69) is 34.9 Å². The van der Waals surface area contributed by atoms with Gasteiger partial charge < -0.3 is 10.7 Å². The largest absolute Gasteiger partial charge is 0.382 e. The quantitative estimate of drug-likeness (QED) is 0.717. The normalized spacial score (nSPS) is 11.8. The number of imidazole rings is 1. The standard InChI is InChI=1S/C15H17ClN4.ClH/c1-15(2,7-16)6-9-4-3-5-10-11(9)12-13(14(17)20-10)19-8-18-12;/h3-5,8H,6-7H2,1-2H3,(H2,17,20)(H,18,19);1H. The zero-order chi connectivity index (χ0) is 14.3. The van der Waals surface area contributed by atoms with Crippen LogP contribution >= 0.6 is 24.0 Å². The van der Waals surface area contributed by atoms with Crippen molar-refractivity contribution in [1.82, 2.24) is 15.0 Å². The van der Waals surface area contributed by atoms with E-state index in [0.29, 0.717) is 11.7 Å². The number of nitrogens with zero attached hydrogens (tertiary/aromatic N) is 2. The molecule has 21 heavy (non-hydrogen) atoms. The number of fused-ring (bicyclic) bond motifs is 3. The zero-order valence-electron chi connectivity index (χ0n) is 12.0. The van der Waals surface area contributed by atoms with Crippen LogP contribution in [0.2, 0.25) is 0 Å². The first-order chi connectivity index (χ1) is 9.52. The van der Waals surface area contributed by atoms with Crippen LogP contribution in [-0.4, -0.2) is 20.8 Å². The van der Waals surface area contributed by atoms with Crippen molar-refractivity contribution >= 4 is 51.8 Å². The summed E-state index contributed by atoms with van der Waals surface area (Å²) in [6.07, 6.45) is 2.53. The van der Waals surface area contributed by atoms with Crippen LogP contribution < -0.4 is 5.73 Å². The summed E-state index contributed by atoms with van der Waals surface area (Å²) in [6, 6.07) is 6.09. The third-order valence-electron chi connectivity index (χ3n) is 3.53. The van der Waals surface area contributed by atoms with E-state index in [0.717, 1.165) is 28.4 Å². The van der Waals surface area contributed by atoms with E-state index < -0.39 is 0 Å². The monoisotopic (exact) mass is 324 g/mol. The molecule has 4 nitrogen and oxygen atoms in total. The van der Waals surface area contributed by atoms with Gasteiger partial charge in [0.1, 0.15) is 16.9 Å². The number of benzene rings is 1. The molecule has 0 aliphatic carbocycles. The fraction of sp³-hybridized carbons (Fsp3) is 0.333. The van der Waals surface area contributed by atoms with E-state index in [-0.39, 0.29) is 17.8 Å². The Bertz CT molecular complexity index is 780. The van der Waals surface area contributed by atoms with Gasteiger partial charge in [0, 0.05) is 11.3 Å². The molecule has 3 aromatic rings. The molecular weight excluding hydrogens is 307 g/mol. The Morgan fingerprint density at radius 3 is 2.81 bits per heavy atom. The molecule has 1 aromatic carbocycles. The maximum Gasteiger partial charge on any atom is 0.150 e. The molecule has 3 N–H and O–H groups in total. The van der Waals surface area contributed by atoms with Gasteiger partial charge in [-0.2, -0.15) is 0 Å². The molecule has 0 aliphatic heterocycles. The predicted molar refractivity (Wildman–Crippen MR) is 91.3 cm³/mol. The van der Waals surface area contributed by atoms with Gasteiger partial charge in [-0.3, -0.25) is 0 Å². The van der Waals surface area contributed by atoms with Crippen LogP contribution in [0.5, 0.6) is 0 Å². The number of pyridine rings is 1. The summed E-state index contributed by atoms with van der Waals surface area (Å²) >= 11 is 6.06. The van der Waals surface area contributed by atoms with E-state index in [1.165, 1.54) is 5.56 Å². The molecule has 0 atom stereocenters. The first-order valence-electron chi connectivity index (χ1n) is 6.58. The zero-order valence-corrected chi connectivity index (χ0v) is 13.6. The van der Waals surface area contributed by atoms with Crippen molar-refractivity contribution < 1.29 is 0 Å². The Labute approximate surface area is 134 Å². The molecule has 0 bridgehead atoms. The van der Waals surface area contributed by atoms with Crippen molar-refractivity contribution in [2.24, 2.45) is 5.41 Å². The van der Waals surface area contributed by atoms with Crippen LogP contribution in [0.3, 0.4) is 0 Å². The number of anilines is 1. The second-order valence-electron chi connectivity index (χ2n) is 5.91. The number of nitrogens with one attached hydrogen (secondary N) is 1. The van der Waals surface area contributed by atoms with Crippen molar-refractivity contribution in [3.63, 3.8) is 0 Å². The van der Waals surface area contributed by atoms with Gasteiger partial charge in [0.25, 0.3) is 0 Å². The van der Waals surface area contributed by atoms with Crippen LogP contribution in [0.4, 0.5) is 5.82 Å². The van der Waals surface area contributed by atoms with Gasteiger partial charge in [-0.05, 0) is 23.5 Å². The number of nitrogens with two attached hydrogens (primary N) is 1. The van der Waals surface area contributed by atoms with Gasteiger partial charge in [0.2, 0.25) is 0 Å². The number of hydrogen-bond acceptors (Lipinski definition) is 3. The highest BCUT2D eigenvalue weighted by molar-refractivity contribution is 6.18. The summed E-state index contributed by atoms with van der Waals surface area (Å²) in [6.45, 7) is 4.32. The SMILES string of the molecule is CC(C)(CCl)Cc1cccc2nc(N)c3[nH]cnc3c12.Cl. The molecule has 2 aromatic heterocycles. The second-order valence-corrected chi connectivity index (χ2v) is 6.18. The Morgan fingerprint density at radius 2 is 2.10 bits per heavy atom. The van der Waals surface area contributed by atoms with E-state index in [1.54, 1.807) is 6.33 Å². The summed E-state index contributed by atoms with van der Waals surface area (Å²) in [5.41, 5.74) is 9.76. The van der Waals surface area contributed by atoms with Crippen molar-refractivity contribution in [2.45, 2.75) is 20.3 Å². The third kappa shape index (κ3) is 2.78. The molecule has 0 radical (unpaired) electrons. The molecule has 2 heterocycles. The number of hydrogen-bond donors (Lipinski definition) is 2. The number of alkyl halides is 1. The Kier molecular flexibility index (Phi) is 4.30. The number of halogens is 2. The Morgan fingerprint density at radius 1 is 1.33 bits per heavy atom. The van der Waals surface area contributed by atoms with Gasteiger partial charge in [0.15, 0.2) is 0 Å². The minimum Gasteiger partial charge on any atom is -0.382 e. The lowest BCUT2D eigenvalue weighted by atomic mass is 9.86. The van der Waals surface area contributed by atoms with E-state index in [4.69, 9.17) is 17.3 Å². The number of aromatic amines is 1. The fourth-order valence-electron chi connectivity index (χ4n) is 2.53. The molecule has 0 spiro atoms. The van der Waals surface area contributed by atoms with Gasteiger partial charge >= 0.3 is 0 Å². The van der Waals surface area contributed by atoms with Crippen molar-refractivity contribution in [3.05, 3.63) is 30.1 Å². The minimum absolute atomic E-state index is 0. The molecule has 3 rings (SSSR count). The summed E-state index contributed by atoms with van der Waals surface area (Å²) < 4.78 is 0. The van der Waals surface area contributed by atoms with Gasteiger partial charge in [-0.25, -0.2) is 9.97 Å². The maximum atomic E-state index is 6.06. The first-order valence-corrected chi connectivity index (χ1v) is 7.11. The second kappa shape index (κ2) is 5.70. The van der Waals surface area contributed by atoms with E-state index >= 15 is 0 Å². The Hall–Kier alpha value is -1.52. The summed E-state index contributed by atoms with van der Waals surface area (Å²) in [5.74, 6) is 1.09. The molecule has 6 heteroatoms. The van der Waals surface area contributed by atoms with Crippen LogP contribution in [0.1, 0.15) is 19.4 Å². The van der Waals surface area contributed by atoms with Gasteiger partial charge in [-0.15, -0.1) is 24.0 Å². The molecular formula is C15H18Cl2N4. The molecule has 0 aliphatic rings. The number of H-pyrrole nitrogens is 1. The van der Waals surface area contributed by atoms with Crippen LogP contribution in [-0.2, 0) is 6.42 Å². The predicted octanol–water partition coefficient (Wildman–Crippen LogP) is 3.92. The van der Waals surface area contributed by atoms with Gasteiger partial charge in [-0.1, -0.05) is 26.0 Å². The summed E-state index contributed by atoms with van der Waals surface area (Å²) in [5, 5.41) is 1.07. The highest BCUT2D eigenvalue weighted by Crippen LogP contribution is 2.32. The molecule has 112 valence electrons. The lowest BCUT2D eigenvalue weighted by Crippen LogP contribution is -2.17. The Balaban J connectivity index is 0.00000161. The molecule has 0 fully saturated rings. The summed E-state index contributed by atoms with van der Waals surface area (Å²) in [7, 11) is 0. The van der Waals surface area contributed by atoms with Gasteiger partial charge in [0.05, 0.1) is 11.8 Å². The summed E-state index contributed by atoms with van der Waals surface area (Å²) in [4.78, 5) is 11.9. The molecule has 0 saturated carbocycles. The average molecular weight is 325 g/mol. The first kappa shape index (κ1) is 15.9. The number of nitrogen functional groups attached to an aromatic ring is 1. The van der Waals surface area contributed by atoms with Crippen molar-refractivity contribution in [1.29, 1.82) is 0 Å². The van der Waals surface area contributed by atoms with Crippen LogP contribution in [0.25, 0.3) is 21.9 Å². The molecule has 0 unspecified atom stereocenters. The smallest absolute Gasteiger partial charge is 0.150 e. The van der Waals surface area contributed by atoms with Crippen LogP contribution in [0.15, 0.2) is 24.5 Å². The number of aromatic nitrogens is 3. The average Bonchev–Trinajstić information content (AvgIpc) is 2.88. The maximum absolute atomic E-state index is 6.06. The lowest BCUT2D eigenvalue weighted by molar-refractivity contribution is 0.419. The van der Waals surface area contributed by atoms with Crippen molar-refractivity contribution in [3.8, 4) is 0 Å². The molecule has 0 saturated heterocycles.